The number of hydrogen-bond donors (Lipinski definition) is 2. The number of halogens is 2. The maximum atomic E-state index is 12.0. The van der Waals surface area contributed by atoms with Crippen molar-refractivity contribution in [3.05, 3.63) is 45.4 Å². The van der Waals surface area contributed by atoms with Crippen molar-refractivity contribution in [3.8, 4) is 0 Å². The molecular formula is C13H13BrClNO2. The van der Waals surface area contributed by atoms with E-state index in [2.05, 4.69) is 21.2 Å². The van der Waals surface area contributed by atoms with E-state index in [1.807, 2.05) is 12.2 Å². The van der Waals surface area contributed by atoms with Crippen molar-refractivity contribution < 1.29 is 9.90 Å². The molecule has 1 amide bonds. The molecule has 0 bridgehead atoms. The van der Waals surface area contributed by atoms with Gasteiger partial charge in [-0.05, 0) is 40.5 Å². The summed E-state index contributed by atoms with van der Waals surface area (Å²) in [4.78, 5) is 12.0. The molecule has 2 atom stereocenters. The Morgan fingerprint density at radius 1 is 1.50 bits per heavy atom. The summed E-state index contributed by atoms with van der Waals surface area (Å²) >= 11 is 9.15. The lowest BCUT2D eigenvalue weighted by atomic mass is 10.1. The van der Waals surface area contributed by atoms with E-state index in [1.54, 1.807) is 18.2 Å². The van der Waals surface area contributed by atoms with Crippen LogP contribution in [0.2, 0.25) is 5.02 Å². The SMILES string of the molecule is O=C(N[C@@H]1C=C[C@H](CO)C1)c1ccc(Cl)cc1Br. The molecule has 0 radical (unpaired) electrons. The zero-order valence-electron chi connectivity index (χ0n) is 9.57. The number of rotatable bonds is 3. The third-order valence-corrected chi connectivity index (χ3v) is 3.79. The second-order valence-electron chi connectivity index (χ2n) is 4.27. The van der Waals surface area contributed by atoms with Gasteiger partial charge in [-0.1, -0.05) is 23.8 Å². The molecule has 0 aliphatic heterocycles. The summed E-state index contributed by atoms with van der Waals surface area (Å²) in [6, 6.07) is 5.04. The third-order valence-electron chi connectivity index (χ3n) is 2.90. The molecule has 2 rings (SSSR count). The first-order valence-corrected chi connectivity index (χ1v) is 6.82. The number of hydrogen-bond acceptors (Lipinski definition) is 2. The molecule has 1 aliphatic rings. The lowest BCUT2D eigenvalue weighted by molar-refractivity contribution is 0.0940. The van der Waals surface area contributed by atoms with E-state index in [4.69, 9.17) is 16.7 Å². The maximum absolute atomic E-state index is 12.0. The molecule has 0 spiro atoms. The summed E-state index contributed by atoms with van der Waals surface area (Å²) in [6.07, 6.45) is 4.60. The van der Waals surface area contributed by atoms with E-state index in [1.165, 1.54) is 0 Å². The van der Waals surface area contributed by atoms with Crippen LogP contribution in [0.5, 0.6) is 0 Å². The Morgan fingerprint density at radius 3 is 2.89 bits per heavy atom. The number of carbonyl (C=O) groups is 1. The fourth-order valence-corrected chi connectivity index (χ4v) is 2.80. The lowest BCUT2D eigenvalue weighted by Gasteiger charge is -2.13. The van der Waals surface area contributed by atoms with Crippen molar-refractivity contribution in [2.75, 3.05) is 6.61 Å². The Hall–Kier alpha value is -0.840. The van der Waals surface area contributed by atoms with E-state index < -0.39 is 0 Å². The predicted molar refractivity (Wildman–Crippen MR) is 74.7 cm³/mol. The normalized spacial score (nSPS) is 22.2. The zero-order chi connectivity index (χ0) is 13.1. The van der Waals surface area contributed by atoms with Crippen LogP contribution in [0.4, 0.5) is 0 Å². The number of carbonyl (C=O) groups excluding carboxylic acids is 1. The zero-order valence-corrected chi connectivity index (χ0v) is 11.9. The molecule has 0 saturated heterocycles. The van der Waals surface area contributed by atoms with Crippen LogP contribution in [-0.2, 0) is 0 Å². The highest BCUT2D eigenvalue weighted by molar-refractivity contribution is 9.10. The van der Waals surface area contributed by atoms with Crippen LogP contribution in [0.1, 0.15) is 16.8 Å². The highest BCUT2D eigenvalue weighted by Gasteiger charge is 2.21. The molecule has 3 nitrogen and oxygen atoms in total. The highest BCUT2D eigenvalue weighted by Crippen LogP contribution is 2.23. The van der Waals surface area contributed by atoms with E-state index in [9.17, 15) is 4.79 Å². The second kappa shape index (κ2) is 5.87. The van der Waals surface area contributed by atoms with E-state index in [0.717, 1.165) is 6.42 Å². The molecule has 0 unspecified atom stereocenters. The molecule has 1 aromatic rings. The summed E-state index contributed by atoms with van der Waals surface area (Å²) in [7, 11) is 0. The Labute approximate surface area is 119 Å². The first-order valence-electron chi connectivity index (χ1n) is 5.65. The van der Waals surface area contributed by atoms with Crippen molar-refractivity contribution in [2.45, 2.75) is 12.5 Å². The highest BCUT2D eigenvalue weighted by atomic mass is 79.9. The van der Waals surface area contributed by atoms with Crippen LogP contribution in [-0.4, -0.2) is 23.7 Å². The van der Waals surface area contributed by atoms with Crippen molar-refractivity contribution in [1.29, 1.82) is 0 Å². The number of nitrogens with one attached hydrogen (secondary N) is 1. The summed E-state index contributed by atoms with van der Waals surface area (Å²) < 4.78 is 0.674. The summed E-state index contributed by atoms with van der Waals surface area (Å²) in [5.41, 5.74) is 0.556. The minimum absolute atomic E-state index is 0.0165. The van der Waals surface area contributed by atoms with Crippen LogP contribution in [0, 0.1) is 5.92 Å². The molecule has 2 N–H and O–H groups in total. The average Bonchev–Trinajstić information content (AvgIpc) is 2.76. The maximum Gasteiger partial charge on any atom is 0.252 e. The van der Waals surface area contributed by atoms with Gasteiger partial charge in [0, 0.05) is 28.1 Å². The summed E-state index contributed by atoms with van der Waals surface area (Å²) in [5, 5.41) is 12.5. The van der Waals surface area contributed by atoms with E-state index in [0.29, 0.717) is 15.1 Å². The first kappa shape index (κ1) is 13.6. The van der Waals surface area contributed by atoms with Crippen LogP contribution in [0.15, 0.2) is 34.8 Å². The molecule has 0 aromatic heterocycles. The Kier molecular flexibility index (Phi) is 4.43. The second-order valence-corrected chi connectivity index (χ2v) is 5.56. The van der Waals surface area contributed by atoms with Gasteiger partial charge in [-0.2, -0.15) is 0 Å². The standard InChI is InChI=1S/C13H13BrClNO2/c14-12-6-9(15)2-4-11(12)13(18)16-10-3-1-8(5-10)7-17/h1-4,6,8,10,17H,5,7H2,(H,16,18)/t8-,10+/m0/s1. The molecule has 1 aromatic carbocycles. The predicted octanol–water partition coefficient (Wildman–Crippen LogP) is 2.77. The molecule has 1 aliphatic carbocycles. The van der Waals surface area contributed by atoms with Crippen LogP contribution < -0.4 is 5.32 Å². The van der Waals surface area contributed by atoms with Crippen LogP contribution in [0.3, 0.4) is 0 Å². The fourth-order valence-electron chi connectivity index (χ4n) is 1.94. The average molecular weight is 331 g/mol. The van der Waals surface area contributed by atoms with Gasteiger partial charge in [0.05, 0.1) is 5.56 Å². The molecule has 96 valence electrons. The van der Waals surface area contributed by atoms with Gasteiger partial charge >= 0.3 is 0 Å². The van der Waals surface area contributed by atoms with Crippen molar-refractivity contribution in [2.24, 2.45) is 5.92 Å². The van der Waals surface area contributed by atoms with Crippen molar-refractivity contribution >= 4 is 33.4 Å². The molecule has 0 saturated carbocycles. The first-order chi connectivity index (χ1) is 8.60. The topological polar surface area (TPSA) is 49.3 Å². The Balaban J connectivity index is 2.02. The van der Waals surface area contributed by atoms with Gasteiger partial charge < -0.3 is 10.4 Å². The van der Waals surface area contributed by atoms with Gasteiger partial charge in [-0.3, -0.25) is 4.79 Å². The van der Waals surface area contributed by atoms with Crippen molar-refractivity contribution in [3.63, 3.8) is 0 Å². The van der Waals surface area contributed by atoms with Crippen LogP contribution in [0.25, 0.3) is 0 Å². The minimum atomic E-state index is -0.146. The van der Waals surface area contributed by atoms with E-state index >= 15 is 0 Å². The van der Waals surface area contributed by atoms with Gasteiger partial charge in [0.1, 0.15) is 0 Å². The monoisotopic (exact) mass is 329 g/mol. The Bertz CT molecular complexity index is 490. The lowest BCUT2D eigenvalue weighted by Crippen LogP contribution is -2.33. The number of aliphatic hydroxyl groups excluding tert-OH is 1. The fraction of sp³-hybridized carbons (Fsp3) is 0.308. The molecular weight excluding hydrogens is 318 g/mol. The quantitative estimate of drug-likeness (QED) is 0.837. The number of benzene rings is 1. The summed E-state index contributed by atoms with van der Waals surface area (Å²) in [5.74, 6) is -0.00394. The van der Waals surface area contributed by atoms with Gasteiger partial charge in [0.15, 0.2) is 0 Å². The Morgan fingerprint density at radius 2 is 2.28 bits per heavy atom. The van der Waals surface area contributed by atoms with Crippen molar-refractivity contribution in [1.82, 2.24) is 5.32 Å². The molecule has 0 heterocycles. The van der Waals surface area contributed by atoms with Gasteiger partial charge in [0.2, 0.25) is 0 Å². The van der Waals surface area contributed by atoms with Crippen LogP contribution >= 0.6 is 27.5 Å². The number of aliphatic hydroxyl groups is 1. The third kappa shape index (κ3) is 3.13. The van der Waals surface area contributed by atoms with Gasteiger partial charge in [-0.15, -0.1) is 0 Å². The smallest absolute Gasteiger partial charge is 0.252 e. The van der Waals surface area contributed by atoms with Gasteiger partial charge in [-0.25, -0.2) is 0 Å². The minimum Gasteiger partial charge on any atom is -0.396 e. The number of amides is 1. The summed E-state index contributed by atoms with van der Waals surface area (Å²) in [6.45, 7) is 0.119. The molecule has 0 fully saturated rings. The molecule has 5 heteroatoms. The van der Waals surface area contributed by atoms with Gasteiger partial charge in [0.25, 0.3) is 5.91 Å². The molecule has 18 heavy (non-hydrogen) atoms. The largest absolute Gasteiger partial charge is 0.396 e. The van der Waals surface area contributed by atoms with E-state index in [-0.39, 0.29) is 24.5 Å².